The number of carbonyl (C=O) groups excluding carboxylic acids is 1. The van der Waals surface area contributed by atoms with Gasteiger partial charge in [-0.2, -0.15) is 10.2 Å². The topological polar surface area (TPSA) is 89.5 Å². The van der Waals surface area contributed by atoms with E-state index in [-0.39, 0.29) is 11.3 Å². The van der Waals surface area contributed by atoms with E-state index in [4.69, 9.17) is 4.42 Å². The molecule has 1 N–H and O–H groups in total. The number of benzene rings is 1. The number of rotatable bonds is 4. The molecule has 1 aromatic carbocycles. The summed E-state index contributed by atoms with van der Waals surface area (Å²) in [6, 6.07) is 10.3. The molecule has 0 saturated heterocycles. The van der Waals surface area contributed by atoms with Crippen LogP contribution in [0.5, 0.6) is 0 Å². The summed E-state index contributed by atoms with van der Waals surface area (Å²) in [5.41, 5.74) is 2.32. The highest BCUT2D eigenvalue weighted by Crippen LogP contribution is 2.13. The maximum Gasteiger partial charge on any atom is 0.292 e. The Morgan fingerprint density at radius 3 is 2.78 bits per heavy atom. The molecule has 0 aliphatic heterocycles. The minimum Gasteiger partial charge on any atom is -0.463 e. The van der Waals surface area contributed by atoms with Gasteiger partial charge in [0.05, 0.1) is 17.9 Å². The third kappa shape index (κ3) is 2.89. The van der Waals surface area contributed by atoms with Crippen LogP contribution in [0.3, 0.4) is 0 Å². The Labute approximate surface area is 131 Å². The fourth-order valence-corrected chi connectivity index (χ4v) is 2.19. The van der Waals surface area contributed by atoms with Gasteiger partial charge >= 0.3 is 0 Å². The number of amides is 1. The summed E-state index contributed by atoms with van der Waals surface area (Å²) in [6.07, 6.45) is 2.89. The van der Waals surface area contributed by atoms with Crippen LogP contribution in [-0.4, -0.2) is 21.9 Å². The molecule has 0 bridgehead atoms. The summed E-state index contributed by atoms with van der Waals surface area (Å²) in [6.45, 7) is 2.17. The van der Waals surface area contributed by atoms with Gasteiger partial charge in [0.25, 0.3) is 11.5 Å². The number of nitrogens with zero attached hydrogens (tertiary/aromatic N) is 3. The summed E-state index contributed by atoms with van der Waals surface area (Å²) in [5.74, 6) is 0.0212. The van der Waals surface area contributed by atoms with Crippen molar-refractivity contribution in [1.82, 2.24) is 15.2 Å². The summed E-state index contributed by atoms with van der Waals surface area (Å²) in [5, 5.41) is 8.90. The van der Waals surface area contributed by atoms with Crippen molar-refractivity contribution in [2.24, 2.45) is 5.10 Å². The number of nitrogens with one attached hydrogen (secondary N) is 1. The molecule has 0 radical (unpaired) electrons. The Bertz CT molecular complexity index is 926. The Balaban J connectivity index is 1.97. The Morgan fingerprint density at radius 1 is 1.30 bits per heavy atom. The van der Waals surface area contributed by atoms with E-state index in [1.165, 1.54) is 17.2 Å². The van der Waals surface area contributed by atoms with E-state index in [2.05, 4.69) is 15.6 Å². The van der Waals surface area contributed by atoms with Crippen LogP contribution < -0.4 is 11.0 Å². The van der Waals surface area contributed by atoms with E-state index in [0.717, 1.165) is 0 Å². The second kappa shape index (κ2) is 6.27. The van der Waals surface area contributed by atoms with Crippen LogP contribution in [-0.2, 0) is 6.54 Å². The molecule has 23 heavy (non-hydrogen) atoms. The van der Waals surface area contributed by atoms with Crippen molar-refractivity contribution < 1.29 is 9.21 Å². The van der Waals surface area contributed by atoms with E-state index in [0.29, 0.717) is 23.1 Å². The van der Waals surface area contributed by atoms with Crippen LogP contribution in [0.4, 0.5) is 0 Å². The first-order valence-electron chi connectivity index (χ1n) is 7.07. The lowest BCUT2D eigenvalue weighted by molar-refractivity contribution is 0.0949. The zero-order chi connectivity index (χ0) is 16.2. The highest BCUT2D eigenvalue weighted by Gasteiger charge is 2.15. The minimum atomic E-state index is -0.494. The molecule has 0 spiro atoms. The fourth-order valence-electron chi connectivity index (χ4n) is 2.19. The van der Waals surface area contributed by atoms with Crippen LogP contribution in [0.25, 0.3) is 10.8 Å². The van der Waals surface area contributed by atoms with Crippen molar-refractivity contribution in [3.05, 3.63) is 64.5 Å². The summed E-state index contributed by atoms with van der Waals surface area (Å²) < 4.78 is 6.34. The highest BCUT2D eigenvalue weighted by molar-refractivity contribution is 6.04. The van der Waals surface area contributed by atoms with Crippen LogP contribution >= 0.6 is 0 Å². The molecule has 3 rings (SSSR count). The van der Waals surface area contributed by atoms with Gasteiger partial charge in [-0.3, -0.25) is 9.59 Å². The molecule has 3 aromatic rings. The van der Waals surface area contributed by atoms with Gasteiger partial charge in [-0.25, -0.2) is 10.1 Å². The Kier molecular flexibility index (Phi) is 4.01. The van der Waals surface area contributed by atoms with Gasteiger partial charge in [0, 0.05) is 11.9 Å². The molecule has 0 aliphatic carbocycles. The standard InChI is InChI=1S/C16H14N4O3/c1-2-20-16(22)13-8-4-3-7-12(13)14(19-20)15(21)18-17-10-11-6-5-9-23-11/h3-10H,2H2,1H3,(H,18,21)/b17-10+. The maximum absolute atomic E-state index is 12.3. The number of fused-ring (bicyclic) bond motifs is 1. The van der Waals surface area contributed by atoms with E-state index < -0.39 is 5.91 Å². The Hall–Kier alpha value is -3.22. The molecule has 0 fully saturated rings. The maximum atomic E-state index is 12.3. The van der Waals surface area contributed by atoms with Crippen molar-refractivity contribution in [3.8, 4) is 0 Å². The monoisotopic (exact) mass is 310 g/mol. The first kappa shape index (κ1) is 14.7. The van der Waals surface area contributed by atoms with Crippen molar-refractivity contribution >= 4 is 22.9 Å². The lowest BCUT2D eigenvalue weighted by atomic mass is 10.1. The smallest absolute Gasteiger partial charge is 0.292 e. The van der Waals surface area contributed by atoms with Gasteiger partial charge in [0.1, 0.15) is 5.76 Å². The first-order chi connectivity index (χ1) is 11.2. The summed E-state index contributed by atoms with van der Waals surface area (Å²) in [4.78, 5) is 24.6. The molecule has 2 heterocycles. The molecule has 0 unspecified atom stereocenters. The SMILES string of the molecule is CCn1nc(C(=O)N/N=C/c2ccco2)c2ccccc2c1=O. The van der Waals surface area contributed by atoms with Gasteiger partial charge in [0.2, 0.25) is 0 Å². The van der Waals surface area contributed by atoms with Crippen molar-refractivity contribution in [2.75, 3.05) is 0 Å². The molecule has 7 nitrogen and oxygen atoms in total. The highest BCUT2D eigenvalue weighted by atomic mass is 16.3. The van der Waals surface area contributed by atoms with E-state index in [9.17, 15) is 9.59 Å². The number of furan rings is 1. The molecule has 0 aliphatic rings. The second-order valence-electron chi connectivity index (χ2n) is 4.73. The predicted molar refractivity (Wildman–Crippen MR) is 85.4 cm³/mol. The largest absolute Gasteiger partial charge is 0.463 e. The molecule has 0 atom stereocenters. The molecular formula is C16H14N4O3. The van der Waals surface area contributed by atoms with Gasteiger partial charge in [-0.05, 0) is 25.1 Å². The van der Waals surface area contributed by atoms with E-state index >= 15 is 0 Å². The Morgan fingerprint density at radius 2 is 2.09 bits per heavy atom. The molecular weight excluding hydrogens is 296 g/mol. The average Bonchev–Trinajstić information content (AvgIpc) is 3.09. The third-order valence-corrected chi connectivity index (χ3v) is 3.28. The number of hydrazone groups is 1. The van der Waals surface area contributed by atoms with Gasteiger partial charge in [0.15, 0.2) is 5.69 Å². The van der Waals surface area contributed by atoms with Crippen LogP contribution in [0, 0.1) is 0 Å². The van der Waals surface area contributed by atoms with Crippen LogP contribution in [0.1, 0.15) is 23.2 Å². The first-order valence-corrected chi connectivity index (χ1v) is 7.07. The van der Waals surface area contributed by atoms with Crippen LogP contribution in [0.2, 0.25) is 0 Å². The molecule has 2 aromatic heterocycles. The van der Waals surface area contributed by atoms with Gasteiger partial charge in [-0.1, -0.05) is 18.2 Å². The average molecular weight is 310 g/mol. The quantitative estimate of drug-likeness (QED) is 0.587. The summed E-state index contributed by atoms with van der Waals surface area (Å²) >= 11 is 0. The number of hydrogen-bond acceptors (Lipinski definition) is 5. The van der Waals surface area contributed by atoms with Gasteiger partial charge in [-0.15, -0.1) is 0 Å². The van der Waals surface area contributed by atoms with Gasteiger partial charge < -0.3 is 4.42 Å². The van der Waals surface area contributed by atoms with E-state index in [1.54, 1.807) is 43.3 Å². The van der Waals surface area contributed by atoms with Crippen molar-refractivity contribution in [2.45, 2.75) is 13.5 Å². The molecule has 116 valence electrons. The number of hydrogen-bond donors (Lipinski definition) is 1. The van der Waals surface area contributed by atoms with Crippen molar-refractivity contribution in [3.63, 3.8) is 0 Å². The minimum absolute atomic E-state index is 0.152. The third-order valence-electron chi connectivity index (χ3n) is 3.28. The normalized spacial score (nSPS) is 11.2. The molecule has 0 saturated carbocycles. The molecule has 7 heteroatoms. The lowest BCUT2D eigenvalue weighted by Gasteiger charge is -2.08. The number of carbonyl (C=O) groups is 1. The lowest BCUT2D eigenvalue weighted by Crippen LogP contribution is -2.28. The van der Waals surface area contributed by atoms with Crippen LogP contribution in [0.15, 0.2) is 57.0 Å². The zero-order valence-electron chi connectivity index (χ0n) is 12.4. The molecule has 1 amide bonds. The number of aromatic nitrogens is 2. The fraction of sp³-hybridized carbons (Fsp3) is 0.125. The zero-order valence-corrected chi connectivity index (χ0v) is 12.4. The summed E-state index contributed by atoms with van der Waals surface area (Å²) in [7, 11) is 0. The number of aryl methyl sites for hydroxylation is 1. The second-order valence-corrected chi connectivity index (χ2v) is 4.73. The predicted octanol–water partition coefficient (Wildman–Crippen LogP) is 1.77. The van der Waals surface area contributed by atoms with Crippen molar-refractivity contribution in [1.29, 1.82) is 0 Å². The van der Waals surface area contributed by atoms with E-state index in [1.807, 2.05) is 0 Å².